The molecule has 0 N–H and O–H groups in total. The lowest BCUT2D eigenvalue weighted by atomic mass is 10.1. The molecule has 0 aromatic heterocycles. The van der Waals surface area contributed by atoms with Gasteiger partial charge < -0.3 is 0 Å². The Hall–Kier alpha value is 0.104. The van der Waals surface area contributed by atoms with E-state index in [-0.39, 0.29) is 5.92 Å². The van der Waals surface area contributed by atoms with Gasteiger partial charge in [-0.25, -0.2) is 0 Å². The molecule has 0 fully saturated rings. The predicted octanol–water partition coefficient (Wildman–Crippen LogP) is 4.17. The number of carbonyl (C=O) groups excluding carboxylic acids is 1. The maximum Gasteiger partial charge on any atom is 0.201 e. The fourth-order valence-electron chi connectivity index (χ4n) is 1.48. The van der Waals surface area contributed by atoms with Crippen molar-refractivity contribution >= 4 is 22.4 Å². The van der Waals surface area contributed by atoms with Crippen molar-refractivity contribution in [3.05, 3.63) is 0 Å². The Morgan fingerprint density at radius 2 is 1.20 bits per heavy atom. The fourth-order valence-corrected chi connectivity index (χ4v) is 3.91. The maximum absolute atomic E-state index is 10.8. The van der Waals surface area contributed by atoms with Crippen LogP contribution in [0.1, 0.15) is 12.8 Å². The summed E-state index contributed by atoms with van der Waals surface area (Å²) >= 11 is 0. The van der Waals surface area contributed by atoms with Crippen molar-refractivity contribution in [2.24, 2.45) is 5.92 Å². The van der Waals surface area contributed by atoms with Crippen LogP contribution in [0.5, 0.6) is 0 Å². The molecule has 0 rings (SSSR count). The minimum atomic E-state index is -0.979. The summed E-state index contributed by atoms with van der Waals surface area (Å²) in [6.45, 7) is 14.2. The Kier molecular flexibility index (Phi) is 6.03. The SMILES string of the molecule is C[Si](C)(C)CCC([C]=O)CC[Si](C)(C)C. The van der Waals surface area contributed by atoms with Gasteiger partial charge in [-0.2, -0.15) is 0 Å². The van der Waals surface area contributed by atoms with Gasteiger partial charge in [0.25, 0.3) is 0 Å². The number of hydrogen-bond acceptors (Lipinski definition) is 1. The summed E-state index contributed by atoms with van der Waals surface area (Å²) in [6.07, 6.45) is 4.39. The molecule has 0 spiro atoms. The molecule has 1 nitrogen and oxygen atoms in total. The molecule has 0 bridgehead atoms. The average Bonchev–Trinajstić information content (AvgIpc) is 2.00. The molecule has 0 aliphatic rings. The van der Waals surface area contributed by atoms with E-state index in [0.717, 1.165) is 12.8 Å². The first kappa shape index (κ1) is 15.1. The zero-order chi connectivity index (χ0) is 12.1. The van der Waals surface area contributed by atoms with E-state index in [1.807, 2.05) is 0 Å². The lowest BCUT2D eigenvalue weighted by Gasteiger charge is -2.21. The summed E-state index contributed by atoms with van der Waals surface area (Å²) in [5, 5.41) is 0. The summed E-state index contributed by atoms with van der Waals surface area (Å²) in [4.78, 5) is 10.8. The van der Waals surface area contributed by atoms with Gasteiger partial charge in [0, 0.05) is 22.1 Å². The van der Waals surface area contributed by atoms with E-state index in [2.05, 4.69) is 45.6 Å². The van der Waals surface area contributed by atoms with E-state index in [0.29, 0.717) is 0 Å². The van der Waals surface area contributed by atoms with Crippen LogP contribution in [0.25, 0.3) is 0 Å². The standard InChI is InChI=1S/C12H27OSi2/c1-14(2,3)9-7-12(11-13)8-10-15(4,5)6/h12H,7-10H2,1-6H3. The molecule has 0 saturated carbocycles. The lowest BCUT2D eigenvalue weighted by Crippen LogP contribution is -2.23. The molecule has 0 unspecified atom stereocenters. The average molecular weight is 244 g/mol. The molecule has 0 aliphatic heterocycles. The second-order valence-electron chi connectivity index (χ2n) is 7.01. The summed E-state index contributed by atoms with van der Waals surface area (Å²) in [5.41, 5.74) is 0. The Balaban J connectivity index is 3.89. The molecule has 0 atom stereocenters. The zero-order valence-corrected chi connectivity index (χ0v) is 13.3. The number of hydrogen-bond donors (Lipinski definition) is 0. The molecule has 89 valence electrons. The van der Waals surface area contributed by atoms with Crippen molar-refractivity contribution in [2.75, 3.05) is 0 Å². The van der Waals surface area contributed by atoms with Crippen LogP contribution in [0.4, 0.5) is 0 Å². The first-order valence-electron chi connectivity index (χ1n) is 6.02. The van der Waals surface area contributed by atoms with Gasteiger partial charge in [-0.05, 0) is 12.8 Å². The van der Waals surface area contributed by atoms with Crippen LogP contribution in [0, 0.1) is 5.92 Å². The first-order valence-corrected chi connectivity index (χ1v) is 13.4. The lowest BCUT2D eigenvalue weighted by molar-refractivity contribution is 0.506. The topological polar surface area (TPSA) is 17.1 Å². The quantitative estimate of drug-likeness (QED) is 0.613. The molecule has 15 heavy (non-hydrogen) atoms. The van der Waals surface area contributed by atoms with Crippen LogP contribution in [-0.2, 0) is 4.79 Å². The van der Waals surface area contributed by atoms with Gasteiger partial charge in [-0.15, -0.1) is 0 Å². The molecule has 0 aliphatic carbocycles. The monoisotopic (exact) mass is 243 g/mol. The predicted molar refractivity (Wildman–Crippen MR) is 74.7 cm³/mol. The third kappa shape index (κ3) is 10.4. The smallest absolute Gasteiger partial charge is 0.201 e. The van der Waals surface area contributed by atoms with Crippen LogP contribution < -0.4 is 0 Å². The number of rotatable bonds is 7. The zero-order valence-electron chi connectivity index (χ0n) is 11.3. The van der Waals surface area contributed by atoms with Crippen LogP contribution in [0.3, 0.4) is 0 Å². The van der Waals surface area contributed by atoms with Crippen LogP contribution in [-0.4, -0.2) is 22.4 Å². The van der Waals surface area contributed by atoms with Crippen molar-refractivity contribution in [1.82, 2.24) is 0 Å². The van der Waals surface area contributed by atoms with E-state index in [1.165, 1.54) is 12.1 Å². The van der Waals surface area contributed by atoms with Gasteiger partial charge in [0.15, 0.2) is 0 Å². The van der Waals surface area contributed by atoms with Gasteiger partial charge in [0.05, 0.1) is 0 Å². The fraction of sp³-hybridized carbons (Fsp3) is 0.917. The van der Waals surface area contributed by atoms with E-state index in [9.17, 15) is 4.79 Å². The van der Waals surface area contributed by atoms with Gasteiger partial charge in [0.1, 0.15) is 0 Å². The van der Waals surface area contributed by atoms with Crippen molar-refractivity contribution in [3.63, 3.8) is 0 Å². The normalized spacial score (nSPS) is 13.3. The van der Waals surface area contributed by atoms with Gasteiger partial charge in [-0.3, -0.25) is 4.79 Å². The summed E-state index contributed by atoms with van der Waals surface area (Å²) in [7, 11) is -1.96. The van der Waals surface area contributed by atoms with Crippen LogP contribution in [0.15, 0.2) is 0 Å². The molecule has 1 radical (unpaired) electrons. The van der Waals surface area contributed by atoms with E-state index < -0.39 is 16.1 Å². The molecule has 3 heteroatoms. The summed E-state index contributed by atoms with van der Waals surface area (Å²) in [5.74, 6) is 0.212. The maximum atomic E-state index is 10.8. The summed E-state index contributed by atoms with van der Waals surface area (Å²) < 4.78 is 0. The molecule has 0 saturated heterocycles. The van der Waals surface area contributed by atoms with E-state index in [4.69, 9.17) is 0 Å². The Morgan fingerprint density at radius 1 is 0.867 bits per heavy atom. The second-order valence-corrected chi connectivity index (χ2v) is 18.3. The Morgan fingerprint density at radius 3 is 1.40 bits per heavy atom. The third-order valence-electron chi connectivity index (χ3n) is 2.65. The van der Waals surface area contributed by atoms with Gasteiger partial charge in [-0.1, -0.05) is 51.4 Å². The van der Waals surface area contributed by atoms with E-state index in [1.54, 1.807) is 0 Å². The highest BCUT2D eigenvalue weighted by Gasteiger charge is 2.20. The van der Waals surface area contributed by atoms with Crippen molar-refractivity contribution < 1.29 is 4.79 Å². The van der Waals surface area contributed by atoms with Crippen LogP contribution in [0.2, 0.25) is 51.4 Å². The Bertz CT molecular complexity index is 171. The van der Waals surface area contributed by atoms with Crippen molar-refractivity contribution in [2.45, 2.75) is 64.2 Å². The first-order chi connectivity index (χ1) is 6.64. The molecule has 0 heterocycles. The largest absolute Gasteiger partial charge is 0.291 e. The van der Waals surface area contributed by atoms with Crippen LogP contribution >= 0.6 is 0 Å². The minimum Gasteiger partial charge on any atom is -0.291 e. The van der Waals surface area contributed by atoms with Crippen molar-refractivity contribution in [1.29, 1.82) is 0 Å². The highest BCUT2D eigenvalue weighted by molar-refractivity contribution is 6.76. The molecule has 0 amide bonds. The third-order valence-corrected chi connectivity index (χ3v) is 6.23. The minimum absolute atomic E-state index is 0.212. The molecule has 0 aromatic carbocycles. The highest BCUT2D eigenvalue weighted by Crippen LogP contribution is 2.22. The second kappa shape index (κ2) is 5.99. The van der Waals surface area contributed by atoms with Crippen molar-refractivity contribution in [3.8, 4) is 0 Å². The Labute approximate surface area is 97.7 Å². The van der Waals surface area contributed by atoms with Gasteiger partial charge in [0.2, 0.25) is 6.29 Å². The highest BCUT2D eigenvalue weighted by atomic mass is 28.3. The summed E-state index contributed by atoms with van der Waals surface area (Å²) in [6, 6.07) is 2.53. The molecular weight excluding hydrogens is 216 g/mol. The molecular formula is C12H27OSi2. The molecule has 0 aromatic rings. The van der Waals surface area contributed by atoms with Gasteiger partial charge >= 0.3 is 0 Å². The van der Waals surface area contributed by atoms with E-state index >= 15 is 0 Å².